The Labute approximate surface area is 202 Å². The molecule has 0 saturated heterocycles. The summed E-state index contributed by atoms with van der Waals surface area (Å²) >= 11 is 1.52. The highest BCUT2D eigenvalue weighted by Crippen LogP contribution is 2.33. The molecule has 0 saturated carbocycles. The first kappa shape index (κ1) is 21.6. The Hall–Kier alpha value is -4.21. The Kier molecular flexibility index (Phi) is 5.94. The van der Waals surface area contributed by atoms with Gasteiger partial charge in [0.25, 0.3) is 0 Å². The number of benzene rings is 3. The number of allylic oxidation sites excluding steroid dienone is 1. The highest BCUT2D eigenvalue weighted by molar-refractivity contribution is 7.19. The van der Waals surface area contributed by atoms with Crippen molar-refractivity contribution >= 4 is 33.2 Å². The van der Waals surface area contributed by atoms with Gasteiger partial charge in [0, 0.05) is 17.3 Å². The van der Waals surface area contributed by atoms with Crippen molar-refractivity contribution in [2.45, 2.75) is 13.8 Å². The van der Waals surface area contributed by atoms with Crippen molar-refractivity contribution in [2.24, 2.45) is 0 Å². The molecule has 0 atom stereocenters. The van der Waals surface area contributed by atoms with Crippen molar-refractivity contribution in [3.8, 4) is 28.8 Å². The number of aromatic nitrogens is 3. The lowest BCUT2D eigenvalue weighted by Gasteiger charge is -2.08. The predicted molar refractivity (Wildman–Crippen MR) is 138 cm³/mol. The summed E-state index contributed by atoms with van der Waals surface area (Å²) in [6.45, 7) is 4.63. The molecule has 0 unspecified atom stereocenters. The Morgan fingerprint density at radius 3 is 2.62 bits per heavy atom. The van der Waals surface area contributed by atoms with Gasteiger partial charge in [-0.15, -0.1) is 11.3 Å². The number of ether oxygens (including phenoxy) is 1. The van der Waals surface area contributed by atoms with E-state index in [0.717, 1.165) is 44.0 Å². The zero-order valence-electron chi connectivity index (χ0n) is 18.9. The maximum Gasteiger partial charge on any atom is 0.135 e. The lowest BCUT2D eigenvalue weighted by Crippen LogP contribution is -1.95. The molecule has 2 aromatic heterocycles. The summed E-state index contributed by atoms with van der Waals surface area (Å²) < 4.78 is 8.57. The highest BCUT2D eigenvalue weighted by atomic mass is 32.1. The van der Waals surface area contributed by atoms with Crippen LogP contribution in [0.5, 0.6) is 5.75 Å². The van der Waals surface area contributed by atoms with Crippen LogP contribution in [0.3, 0.4) is 0 Å². The minimum absolute atomic E-state index is 0.513. The van der Waals surface area contributed by atoms with Gasteiger partial charge in [0.05, 0.1) is 28.1 Å². The first-order chi connectivity index (χ1) is 16.7. The van der Waals surface area contributed by atoms with Crippen LogP contribution in [0.2, 0.25) is 0 Å². The molecule has 0 aliphatic heterocycles. The van der Waals surface area contributed by atoms with Crippen LogP contribution in [0.15, 0.2) is 79.0 Å². The first-order valence-corrected chi connectivity index (χ1v) is 11.8. The number of para-hydroxylation sites is 2. The lowest BCUT2D eigenvalue weighted by atomic mass is 10.0. The molecule has 0 fully saturated rings. The first-order valence-electron chi connectivity index (χ1n) is 11.0. The molecule has 3 aromatic carbocycles. The highest BCUT2D eigenvalue weighted by Gasteiger charge is 2.16. The molecule has 2 heterocycles. The van der Waals surface area contributed by atoms with E-state index in [2.05, 4.69) is 11.1 Å². The van der Waals surface area contributed by atoms with Gasteiger partial charge in [-0.1, -0.05) is 30.3 Å². The molecule has 6 heteroatoms. The molecule has 0 aliphatic carbocycles. The third-order valence-corrected chi connectivity index (χ3v) is 6.54. The fourth-order valence-corrected chi connectivity index (χ4v) is 4.79. The second-order valence-corrected chi connectivity index (χ2v) is 8.81. The zero-order chi connectivity index (χ0) is 23.5. The van der Waals surface area contributed by atoms with E-state index in [1.165, 1.54) is 11.3 Å². The number of hydrogen-bond donors (Lipinski definition) is 0. The molecule has 0 radical (unpaired) electrons. The molecule has 0 bridgehead atoms. The van der Waals surface area contributed by atoms with Crippen LogP contribution >= 0.6 is 11.3 Å². The quantitative estimate of drug-likeness (QED) is 0.257. The van der Waals surface area contributed by atoms with E-state index in [-0.39, 0.29) is 0 Å². The maximum absolute atomic E-state index is 10.0. The largest absolute Gasteiger partial charge is 0.494 e. The van der Waals surface area contributed by atoms with Gasteiger partial charge in [-0.2, -0.15) is 10.4 Å². The van der Waals surface area contributed by atoms with E-state index in [0.29, 0.717) is 17.2 Å². The van der Waals surface area contributed by atoms with Crippen LogP contribution in [0.25, 0.3) is 38.8 Å². The lowest BCUT2D eigenvalue weighted by molar-refractivity contribution is 0.340. The second-order valence-electron chi connectivity index (χ2n) is 7.78. The van der Waals surface area contributed by atoms with E-state index in [9.17, 15) is 5.26 Å². The van der Waals surface area contributed by atoms with Gasteiger partial charge in [0.15, 0.2) is 0 Å². The van der Waals surface area contributed by atoms with Crippen molar-refractivity contribution in [2.75, 3.05) is 6.61 Å². The van der Waals surface area contributed by atoms with E-state index < -0.39 is 0 Å². The minimum atomic E-state index is 0.513. The average molecular weight is 463 g/mol. The molecule has 0 aliphatic rings. The normalized spacial score (nSPS) is 11.5. The smallest absolute Gasteiger partial charge is 0.135 e. The Morgan fingerprint density at radius 2 is 1.88 bits per heavy atom. The van der Waals surface area contributed by atoms with Gasteiger partial charge in [-0.25, -0.2) is 9.67 Å². The summed E-state index contributed by atoms with van der Waals surface area (Å²) in [5, 5.41) is 15.6. The summed E-state index contributed by atoms with van der Waals surface area (Å²) in [7, 11) is 0. The number of rotatable bonds is 6. The molecule has 0 N–H and O–H groups in total. The SMILES string of the molecule is CCOc1ccc(-c2nn(-c3ccccc3)cc2/C=C(/C#N)c2nc3ccccc3s2)c(C)c1. The zero-order valence-corrected chi connectivity index (χ0v) is 19.7. The topological polar surface area (TPSA) is 63.7 Å². The van der Waals surface area contributed by atoms with Gasteiger partial charge in [0.2, 0.25) is 0 Å². The van der Waals surface area contributed by atoms with E-state index in [1.54, 1.807) is 0 Å². The van der Waals surface area contributed by atoms with E-state index in [4.69, 9.17) is 9.84 Å². The van der Waals surface area contributed by atoms with Crippen molar-refractivity contribution in [3.05, 3.63) is 95.1 Å². The summed E-state index contributed by atoms with van der Waals surface area (Å²) in [6.07, 6.45) is 3.85. The van der Waals surface area contributed by atoms with Crippen LogP contribution in [0.1, 0.15) is 23.1 Å². The second kappa shape index (κ2) is 9.34. The summed E-state index contributed by atoms with van der Waals surface area (Å²) in [4.78, 5) is 4.68. The predicted octanol–water partition coefficient (Wildman–Crippen LogP) is 6.92. The van der Waals surface area contributed by atoms with Crippen LogP contribution in [-0.2, 0) is 0 Å². The van der Waals surface area contributed by atoms with Gasteiger partial charge < -0.3 is 4.74 Å². The van der Waals surface area contributed by atoms with Crippen molar-refractivity contribution < 1.29 is 4.74 Å². The van der Waals surface area contributed by atoms with E-state index >= 15 is 0 Å². The number of aryl methyl sites for hydroxylation is 1. The van der Waals surface area contributed by atoms with Crippen LogP contribution in [0, 0.1) is 18.3 Å². The van der Waals surface area contributed by atoms with Crippen LogP contribution in [-0.4, -0.2) is 21.4 Å². The average Bonchev–Trinajstić information content (AvgIpc) is 3.48. The maximum atomic E-state index is 10.0. The number of nitriles is 1. The molecular weight excluding hydrogens is 440 g/mol. The fourth-order valence-electron chi connectivity index (χ4n) is 3.86. The number of nitrogens with zero attached hydrogens (tertiary/aromatic N) is 4. The third kappa shape index (κ3) is 4.21. The van der Waals surface area contributed by atoms with Gasteiger partial charge >= 0.3 is 0 Å². The number of fused-ring (bicyclic) bond motifs is 1. The summed E-state index contributed by atoms with van der Waals surface area (Å²) in [5.74, 6) is 0.829. The van der Waals surface area contributed by atoms with Crippen molar-refractivity contribution in [3.63, 3.8) is 0 Å². The summed E-state index contributed by atoms with van der Waals surface area (Å²) in [5.41, 5.74) is 6.06. The van der Waals surface area contributed by atoms with Gasteiger partial charge in [0.1, 0.15) is 22.5 Å². The Balaban J connectivity index is 1.66. The van der Waals surface area contributed by atoms with Crippen molar-refractivity contribution in [1.82, 2.24) is 14.8 Å². The molecule has 0 amide bonds. The Bertz CT molecular complexity index is 1510. The monoisotopic (exact) mass is 462 g/mol. The van der Waals surface area contributed by atoms with Crippen LogP contribution in [0.4, 0.5) is 0 Å². The molecule has 5 rings (SSSR count). The number of hydrogen-bond acceptors (Lipinski definition) is 5. The third-order valence-electron chi connectivity index (χ3n) is 5.47. The summed E-state index contributed by atoms with van der Waals surface area (Å²) in [6, 6.07) is 26.2. The molecule has 5 nitrogen and oxygen atoms in total. The number of thiazole rings is 1. The fraction of sp³-hybridized carbons (Fsp3) is 0.107. The standard InChI is InChI=1S/C28H22N4OS/c1-3-33-23-13-14-24(19(2)15-23)27-21(18-32(31-27)22-9-5-4-6-10-22)16-20(17-29)28-30-25-11-7-8-12-26(25)34-28/h4-16,18H,3H2,1-2H3/b20-16-. The molecule has 34 heavy (non-hydrogen) atoms. The van der Waals surface area contributed by atoms with Gasteiger partial charge in [-0.3, -0.25) is 0 Å². The molecule has 5 aromatic rings. The van der Waals surface area contributed by atoms with Crippen LogP contribution < -0.4 is 4.74 Å². The van der Waals surface area contributed by atoms with Gasteiger partial charge in [-0.05, 0) is 68.0 Å². The molecular formula is C28H22N4OS. The molecule has 166 valence electrons. The minimum Gasteiger partial charge on any atom is -0.494 e. The van der Waals surface area contributed by atoms with Crippen molar-refractivity contribution in [1.29, 1.82) is 5.26 Å². The Morgan fingerprint density at radius 1 is 1.09 bits per heavy atom. The molecule has 0 spiro atoms. The van der Waals surface area contributed by atoms with E-state index in [1.807, 2.05) is 104 Å².